The quantitative estimate of drug-likeness (QED) is 0.363. The molecule has 0 radical (unpaired) electrons. The van der Waals surface area contributed by atoms with Gasteiger partial charge in [-0.2, -0.15) is 0 Å². The number of benzene rings is 2. The second-order valence-electron chi connectivity index (χ2n) is 9.86. The average molecular weight is 566 g/mol. The number of piperidine rings is 1. The molecule has 36 heavy (non-hydrogen) atoms. The predicted octanol–water partition coefficient (Wildman–Crippen LogP) is 0.274. The number of rotatable bonds is 8. The molecule has 0 amide bonds. The predicted molar refractivity (Wildman–Crippen MR) is 130 cm³/mol. The molecule has 1 N–H and O–H groups in total. The van der Waals surface area contributed by atoms with E-state index in [0.717, 1.165) is 30.2 Å². The van der Waals surface area contributed by atoms with Gasteiger partial charge in [0.15, 0.2) is 23.0 Å². The highest BCUT2D eigenvalue weighted by molar-refractivity contribution is 5.86. The number of nitrogens with zero attached hydrogens (tertiary/aromatic N) is 1. The van der Waals surface area contributed by atoms with Crippen LogP contribution in [0, 0.1) is 0 Å². The van der Waals surface area contributed by atoms with Crippen molar-refractivity contribution < 1.29 is 55.0 Å². The van der Waals surface area contributed by atoms with Gasteiger partial charge in [-0.3, -0.25) is 0 Å². The lowest BCUT2D eigenvalue weighted by Crippen LogP contribution is -3.00. The standard InChI is InChI=1S/C27H36NO7.BrH/c1-28(2)19-9-10-20(28)16-21(15-19)35-26(29)27(30,17-7-11-22(31-3)24(13-17)33-5)18-8-12-23(32-4)25(14-18)34-6;/h7-8,11-14,19-21,30H,9-10,15-16H2,1-6H3;1H/q+1;/p-1/t19-,20?,21?;/m1./s1. The molecule has 2 aromatic carbocycles. The SMILES string of the molecule is COc1ccc(C(O)(C(=O)OC2CC3CC[C@H](C2)[N+]3(C)C)c2ccc(OC)c(OC)c2)cc1OC.[Br-]. The highest BCUT2D eigenvalue weighted by Crippen LogP contribution is 2.43. The molecule has 0 spiro atoms. The lowest BCUT2D eigenvalue weighted by Gasteiger charge is -2.44. The molecule has 2 aliphatic rings. The maximum atomic E-state index is 13.8. The molecule has 2 saturated heterocycles. The average Bonchev–Trinajstić information content (AvgIpc) is 3.02. The van der Waals surface area contributed by atoms with E-state index in [1.807, 2.05) is 0 Å². The van der Waals surface area contributed by atoms with Crippen molar-refractivity contribution in [3.8, 4) is 23.0 Å². The topological polar surface area (TPSA) is 83.5 Å². The van der Waals surface area contributed by atoms with Crippen LogP contribution < -0.4 is 35.9 Å². The summed E-state index contributed by atoms with van der Waals surface area (Å²) in [7, 11) is 10.6. The number of ether oxygens (including phenoxy) is 5. The normalized spacial score (nSPS) is 22.2. The van der Waals surface area contributed by atoms with Gasteiger partial charge < -0.3 is 50.3 Å². The molecule has 2 aromatic rings. The Morgan fingerprint density at radius 3 is 1.61 bits per heavy atom. The zero-order valence-corrected chi connectivity index (χ0v) is 23.3. The fourth-order valence-electron chi connectivity index (χ4n) is 5.69. The Morgan fingerprint density at radius 1 is 0.806 bits per heavy atom. The van der Waals surface area contributed by atoms with Crippen LogP contribution in [0.5, 0.6) is 23.0 Å². The Morgan fingerprint density at radius 2 is 1.22 bits per heavy atom. The molecule has 2 bridgehead atoms. The van der Waals surface area contributed by atoms with E-state index in [1.165, 1.54) is 28.4 Å². The number of carbonyl (C=O) groups excluding carboxylic acids is 1. The molecule has 9 heteroatoms. The maximum Gasteiger partial charge on any atom is 0.347 e. The summed E-state index contributed by atoms with van der Waals surface area (Å²) in [5, 5.41) is 12.1. The molecule has 2 unspecified atom stereocenters. The van der Waals surface area contributed by atoms with Gasteiger partial charge in [-0.25, -0.2) is 4.79 Å². The van der Waals surface area contributed by atoms with Gasteiger partial charge >= 0.3 is 5.97 Å². The minimum Gasteiger partial charge on any atom is -1.00 e. The number of hydrogen-bond donors (Lipinski definition) is 1. The van der Waals surface area contributed by atoms with Gasteiger partial charge in [0.05, 0.1) is 54.6 Å². The van der Waals surface area contributed by atoms with Crippen molar-refractivity contribution in [3.63, 3.8) is 0 Å². The van der Waals surface area contributed by atoms with Crippen molar-refractivity contribution in [2.75, 3.05) is 42.5 Å². The van der Waals surface area contributed by atoms with E-state index in [-0.39, 0.29) is 23.1 Å². The largest absolute Gasteiger partial charge is 1.00 e. The van der Waals surface area contributed by atoms with Crippen LogP contribution in [0.25, 0.3) is 0 Å². The minimum atomic E-state index is -2.10. The smallest absolute Gasteiger partial charge is 0.347 e. The van der Waals surface area contributed by atoms with Crippen molar-refractivity contribution >= 4 is 5.97 Å². The Bertz CT molecular complexity index is 1020. The van der Waals surface area contributed by atoms with Gasteiger partial charge in [0.25, 0.3) is 0 Å². The monoisotopic (exact) mass is 565 g/mol. The number of hydrogen-bond acceptors (Lipinski definition) is 7. The third-order valence-electron chi connectivity index (χ3n) is 7.96. The lowest BCUT2D eigenvalue weighted by molar-refractivity contribution is -0.931. The Kier molecular flexibility index (Phi) is 8.48. The molecule has 3 atom stereocenters. The summed E-state index contributed by atoms with van der Waals surface area (Å²) >= 11 is 0. The Hall–Kier alpha value is -2.49. The van der Waals surface area contributed by atoms with Gasteiger partial charge in [-0.1, -0.05) is 12.1 Å². The first kappa shape index (κ1) is 28.1. The van der Waals surface area contributed by atoms with Crippen molar-refractivity contribution in [3.05, 3.63) is 47.5 Å². The number of carbonyl (C=O) groups is 1. The van der Waals surface area contributed by atoms with Crippen LogP contribution in [-0.2, 0) is 15.1 Å². The van der Waals surface area contributed by atoms with E-state index < -0.39 is 11.6 Å². The molecule has 2 fully saturated rings. The molecule has 4 rings (SSSR count). The molecular formula is C27H36BrNO7. The van der Waals surface area contributed by atoms with Crippen LogP contribution in [0.3, 0.4) is 0 Å². The molecule has 0 aromatic heterocycles. The van der Waals surface area contributed by atoms with Crippen molar-refractivity contribution in [2.45, 2.75) is 49.5 Å². The summed E-state index contributed by atoms with van der Waals surface area (Å²) in [5.41, 5.74) is -1.48. The van der Waals surface area contributed by atoms with Gasteiger partial charge in [0.1, 0.15) is 6.10 Å². The van der Waals surface area contributed by atoms with E-state index in [2.05, 4.69) is 14.1 Å². The Balaban J connectivity index is 0.00000361. The second kappa shape index (κ2) is 10.9. The first-order chi connectivity index (χ1) is 16.7. The fourth-order valence-corrected chi connectivity index (χ4v) is 5.69. The maximum absolute atomic E-state index is 13.8. The first-order valence-corrected chi connectivity index (χ1v) is 11.9. The minimum absolute atomic E-state index is 0. The molecule has 8 nitrogen and oxygen atoms in total. The third-order valence-corrected chi connectivity index (χ3v) is 7.96. The van der Waals surface area contributed by atoms with E-state index in [9.17, 15) is 9.90 Å². The van der Waals surface area contributed by atoms with E-state index in [4.69, 9.17) is 23.7 Å². The summed E-state index contributed by atoms with van der Waals surface area (Å²) in [5.74, 6) is 1.04. The van der Waals surface area contributed by atoms with Gasteiger partial charge in [0, 0.05) is 36.8 Å². The van der Waals surface area contributed by atoms with Crippen molar-refractivity contribution in [1.29, 1.82) is 0 Å². The summed E-state index contributed by atoms with van der Waals surface area (Å²) in [4.78, 5) is 13.8. The number of esters is 1. The number of halogens is 1. The summed E-state index contributed by atoms with van der Waals surface area (Å²) in [6.45, 7) is 0. The van der Waals surface area contributed by atoms with Gasteiger partial charge in [-0.05, 0) is 24.3 Å². The highest BCUT2D eigenvalue weighted by atomic mass is 79.9. The second-order valence-corrected chi connectivity index (χ2v) is 9.86. The van der Waals surface area contributed by atoms with Crippen LogP contribution in [-0.4, -0.2) is 76.3 Å². The highest BCUT2D eigenvalue weighted by Gasteiger charge is 2.51. The van der Waals surface area contributed by atoms with Crippen molar-refractivity contribution in [1.82, 2.24) is 0 Å². The zero-order chi connectivity index (χ0) is 25.4. The summed E-state index contributed by atoms with van der Waals surface area (Å²) in [6.07, 6.45) is 3.56. The van der Waals surface area contributed by atoms with Crippen molar-refractivity contribution in [2.24, 2.45) is 0 Å². The van der Waals surface area contributed by atoms with Crippen LogP contribution in [0.1, 0.15) is 36.8 Å². The number of methoxy groups -OCH3 is 4. The molecular weight excluding hydrogens is 530 g/mol. The summed E-state index contributed by atoms with van der Waals surface area (Å²) in [6, 6.07) is 10.7. The Labute approximate surface area is 223 Å². The molecule has 0 saturated carbocycles. The molecule has 0 aliphatic carbocycles. The van der Waals surface area contributed by atoms with Crippen LogP contribution >= 0.6 is 0 Å². The van der Waals surface area contributed by atoms with Crippen LogP contribution in [0.2, 0.25) is 0 Å². The summed E-state index contributed by atoms with van der Waals surface area (Å²) < 4.78 is 28.6. The zero-order valence-electron chi connectivity index (χ0n) is 21.7. The molecule has 2 heterocycles. The van der Waals surface area contributed by atoms with E-state index >= 15 is 0 Å². The first-order valence-electron chi connectivity index (χ1n) is 11.9. The van der Waals surface area contributed by atoms with E-state index in [0.29, 0.717) is 46.2 Å². The number of quaternary nitrogens is 1. The number of aliphatic hydroxyl groups is 1. The van der Waals surface area contributed by atoms with E-state index in [1.54, 1.807) is 36.4 Å². The lowest BCUT2D eigenvalue weighted by atomic mass is 9.85. The van der Waals surface area contributed by atoms with Crippen LogP contribution in [0.4, 0.5) is 0 Å². The third kappa shape index (κ3) is 4.76. The molecule has 198 valence electrons. The van der Waals surface area contributed by atoms with Gasteiger partial charge in [-0.15, -0.1) is 0 Å². The van der Waals surface area contributed by atoms with Crippen LogP contribution in [0.15, 0.2) is 36.4 Å². The number of fused-ring (bicyclic) bond motifs is 2. The van der Waals surface area contributed by atoms with Gasteiger partial charge in [0.2, 0.25) is 5.60 Å². The fraction of sp³-hybridized carbons (Fsp3) is 0.519. The molecule has 2 aliphatic heterocycles.